The maximum atomic E-state index is 4.60. The lowest BCUT2D eigenvalue weighted by atomic mass is 9.99. The third-order valence-corrected chi connectivity index (χ3v) is 6.41. The Labute approximate surface area is 194 Å². The number of nitrogens with one attached hydrogen (secondary N) is 1. The molecule has 3 rings (SSSR count). The number of rotatable bonds is 6. The maximum absolute atomic E-state index is 4.60. The van der Waals surface area contributed by atoms with Crippen molar-refractivity contribution in [2.24, 2.45) is 16.8 Å². The van der Waals surface area contributed by atoms with Gasteiger partial charge in [0.15, 0.2) is 5.96 Å². The number of halogens is 1. The third-order valence-electron chi connectivity index (χ3n) is 6.41. The highest BCUT2D eigenvalue weighted by molar-refractivity contribution is 14.0. The first kappa shape index (κ1) is 24.4. The molecule has 2 atom stereocenters. The molecule has 0 spiro atoms. The number of guanidine groups is 1. The Bertz CT molecular complexity index is 613. The first-order valence-electron chi connectivity index (χ1n) is 11.0. The van der Waals surface area contributed by atoms with Gasteiger partial charge in [-0.2, -0.15) is 0 Å². The van der Waals surface area contributed by atoms with Crippen LogP contribution in [0.3, 0.4) is 0 Å². The van der Waals surface area contributed by atoms with Gasteiger partial charge in [0.05, 0.1) is 0 Å². The summed E-state index contributed by atoms with van der Waals surface area (Å²) in [5, 5.41) is 3.71. The zero-order valence-corrected chi connectivity index (χ0v) is 21.0. The van der Waals surface area contributed by atoms with Crippen LogP contribution in [0, 0.1) is 11.8 Å². The quantitative estimate of drug-likeness (QED) is 0.361. The summed E-state index contributed by atoms with van der Waals surface area (Å²) >= 11 is 0. The van der Waals surface area contributed by atoms with Gasteiger partial charge in [0, 0.05) is 58.9 Å². The molecule has 1 aromatic carbocycles. The van der Waals surface area contributed by atoms with E-state index >= 15 is 0 Å². The Hall–Kier alpha value is -0.860. The van der Waals surface area contributed by atoms with E-state index in [4.69, 9.17) is 0 Å². The van der Waals surface area contributed by atoms with E-state index in [1.54, 1.807) is 0 Å². The zero-order chi connectivity index (χ0) is 19.9. The predicted octanol–water partition coefficient (Wildman–Crippen LogP) is 3.02. The standard InChI is InChI=1S/C23H39N5.HI/c1-19(2)22(27-14-12-26(4)13-15-27)17-25-23(24-3)28-11-10-21(18-28)16-20-8-6-5-7-9-20;/h5-9,19,21-22H,10-18H2,1-4H3,(H,24,25);1H. The summed E-state index contributed by atoms with van der Waals surface area (Å²) in [6.45, 7) is 12.6. The lowest BCUT2D eigenvalue weighted by molar-refractivity contribution is 0.0897. The largest absolute Gasteiger partial charge is 0.355 e. The van der Waals surface area contributed by atoms with Crippen LogP contribution in [0.1, 0.15) is 25.8 Å². The van der Waals surface area contributed by atoms with Gasteiger partial charge in [0.1, 0.15) is 0 Å². The average molecular weight is 514 g/mol. The number of likely N-dealkylation sites (N-methyl/N-ethyl adjacent to an activating group) is 1. The smallest absolute Gasteiger partial charge is 0.193 e. The summed E-state index contributed by atoms with van der Waals surface area (Å²) < 4.78 is 0. The van der Waals surface area contributed by atoms with Crippen LogP contribution >= 0.6 is 24.0 Å². The molecule has 2 fully saturated rings. The molecule has 2 saturated heterocycles. The van der Waals surface area contributed by atoms with E-state index in [0.29, 0.717) is 12.0 Å². The van der Waals surface area contributed by atoms with E-state index in [9.17, 15) is 0 Å². The molecular weight excluding hydrogens is 473 g/mol. The fourth-order valence-corrected chi connectivity index (χ4v) is 4.61. The second-order valence-electron chi connectivity index (χ2n) is 8.87. The molecule has 2 aliphatic rings. The average Bonchev–Trinajstić information content (AvgIpc) is 3.15. The Balaban J connectivity index is 0.00000300. The van der Waals surface area contributed by atoms with Crippen molar-refractivity contribution >= 4 is 29.9 Å². The first-order valence-corrected chi connectivity index (χ1v) is 11.0. The summed E-state index contributed by atoms with van der Waals surface area (Å²) in [7, 11) is 4.15. The molecule has 0 saturated carbocycles. The Morgan fingerprint density at radius 1 is 1.10 bits per heavy atom. The first-order chi connectivity index (χ1) is 13.6. The molecule has 0 radical (unpaired) electrons. The fraction of sp³-hybridized carbons (Fsp3) is 0.696. The zero-order valence-electron chi connectivity index (χ0n) is 18.7. The van der Waals surface area contributed by atoms with E-state index in [1.807, 2.05) is 7.05 Å². The summed E-state index contributed by atoms with van der Waals surface area (Å²) in [4.78, 5) is 12.1. The minimum atomic E-state index is 0. The lowest BCUT2D eigenvalue weighted by Crippen LogP contribution is -2.55. The predicted molar refractivity (Wildman–Crippen MR) is 134 cm³/mol. The van der Waals surface area contributed by atoms with Crippen molar-refractivity contribution in [3.63, 3.8) is 0 Å². The molecule has 29 heavy (non-hydrogen) atoms. The molecule has 2 unspecified atom stereocenters. The molecule has 0 aliphatic carbocycles. The van der Waals surface area contributed by atoms with Crippen molar-refractivity contribution in [3.8, 4) is 0 Å². The van der Waals surface area contributed by atoms with Gasteiger partial charge in [0.25, 0.3) is 0 Å². The van der Waals surface area contributed by atoms with Crippen LogP contribution in [0.2, 0.25) is 0 Å². The third kappa shape index (κ3) is 7.10. The maximum Gasteiger partial charge on any atom is 0.193 e. The summed E-state index contributed by atoms with van der Waals surface area (Å²) in [6, 6.07) is 11.5. The molecule has 1 aromatic rings. The van der Waals surface area contributed by atoms with Gasteiger partial charge in [-0.15, -0.1) is 24.0 Å². The van der Waals surface area contributed by atoms with Crippen LogP contribution in [0.4, 0.5) is 0 Å². The Morgan fingerprint density at radius 3 is 2.41 bits per heavy atom. The number of hydrogen-bond donors (Lipinski definition) is 1. The molecule has 164 valence electrons. The van der Waals surface area contributed by atoms with E-state index in [-0.39, 0.29) is 24.0 Å². The summed E-state index contributed by atoms with van der Waals surface area (Å²) in [5.41, 5.74) is 1.45. The topological polar surface area (TPSA) is 34.1 Å². The highest BCUT2D eigenvalue weighted by Crippen LogP contribution is 2.21. The van der Waals surface area contributed by atoms with Crippen LogP contribution in [-0.2, 0) is 6.42 Å². The van der Waals surface area contributed by atoms with Crippen LogP contribution in [0.15, 0.2) is 35.3 Å². The molecule has 5 nitrogen and oxygen atoms in total. The molecular formula is C23H40IN5. The highest BCUT2D eigenvalue weighted by atomic mass is 127. The van der Waals surface area contributed by atoms with Gasteiger partial charge in [-0.3, -0.25) is 9.89 Å². The summed E-state index contributed by atoms with van der Waals surface area (Å²) in [6.07, 6.45) is 2.42. The molecule has 0 aromatic heterocycles. The van der Waals surface area contributed by atoms with Crippen molar-refractivity contribution in [2.75, 3.05) is 59.9 Å². The van der Waals surface area contributed by atoms with E-state index in [2.05, 4.69) is 76.2 Å². The molecule has 2 aliphatic heterocycles. The second-order valence-corrected chi connectivity index (χ2v) is 8.87. The number of aliphatic imine (C=N–C) groups is 1. The van der Waals surface area contributed by atoms with Crippen LogP contribution in [0.5, 0.6) is 0 Å². The number of hydrogen-bond acceptors (Lipinski definition) is 3. The minimum absolute atomic E-state index is 0. The number of piperazine rings is 1. The van der Waals surface area contributed by atoms with Gasteiger partial charge >= 0.3 is 0 Å². The van der Waals surface area contributed by atoms with Gasteiger partial charge in [-0.1, -0.05) is 44.2 Å². The van der Waals surface area contributed by atoms with Crippen molar-refractivity contribution < 1.29 is 0 Å². The Kier molecular flexibility index (Phi) is 10.2. The van der Waals surface area contributed by atoms with Crippen molar-refractivity contribution in [1.29, 1.82) is 0 Å². The van der Waals surface area contributed by atoms with E-state index < -0.39 is 0 Å². The Morgan fingerprint density at radius 2 is 1.79 bits per heavy atom. The monoisotopic (exact) mass is 513 g/mol. The fourth-order valence-electron chi connectivity index (χ4n) is 4.61. The van der Waals surface area contributed by atoms with Crippen molar-refractivity contribution in [3.05, 3.63) is 35.9 Å². The normalized spacial score (nSPS) is 22.6. The molecule has 1 N–H and O–H groups in total. The lowest BCUT2D eigenvalue weighted by Gasteiger charge is -2.40. The van der Waals surface area contributed by atoms with Gasteiger partial charge in [-0.25, -0.2) is 0 Å². The van der Waals surface area contributed by atoms with Gasteiger partial charge < -0.3 is 15.1 Å². The summed E-state index contributed by atoms with van der Waals surface area (Å²) in [5.74, 6) is 2.44. The minimum Gasteiger partial charge on any atom is -0.355 e. The molecule has 0 amide bonds. The highest BCUT2D eigenvalue weighted by Gasteiger charge is 2.28. The van der Waals surface area contributed by atoms with Crippen LogP contribution < -0.4 is 5.32 Å². The van der Waals surface area contributed by atoms with Crippen molar-refractivity contribution in [1.82, 2.24) is 20.0 Å². The molecule has 6 heteroatoms. The molecule has 2 heterocycles. The van der Waals surface area contributed by atoms with Gasteiger partial charge in [0.2, 0.25) is 0 Å². The second kappa shape index (κ2) is 12.1. The van der Waals surface area contributed by atoms with E-state index in [0.717, 1.165) is 31.5 Å². The number of nitrogens with zero attached hydrogens (tertiary/aromatic N) is 4. The SMILES string of the molecule is CN=C(NCC(C(C)C)N1CCN(C)CC1)N1CCC(Cc2ccccc2)C1.I. The van der Waals surface area contributed by atoms with E-state index in [1.165, 1.54) is 44.6 Å². The van der Waals surface area contributed by atoms with Crippen LogP contribution in [-0.4, -0.2) is 86.6 Å². The number of likely N-dealkylation sites (tertiary alicyclic amines) is 1. The molecule has 0 bridgehead atoms. The van der Waals surface area contributed by atoms with Gasteiger partial charge in [-0.05, 0) is 37.3 Å². The van der Waals surface area contributed by atoms with Crippen LogP contribution in [0.25, 0.3) is 0 Å². The van der Waals surface area contributed by atoms with Crippen molar-refractivity contribution in [2.45, 2.75) is 32.7 Å². The number of benzene rings is 1.